The van der Waals surface area contributed by atoms with Gasteiger partial charge in [0, 0.05) is 25.7 Å². The Morgan fingerprint density at radius 2 is 2.00 bits per heavy atom. The number of rotatable bonds is 7. The fraction of sp³-hybridized carbons (Fsp3) is 0.562. The molecule has 0 radical (unpaired) electrons. The lowest BCUT2D eigenvalue weighted by molar-refractivity contribution is 0.0963. The predicted molar refractivity (Wildman–Crippen MR) is 78.1 cm³/mol. The first-order chi connectivity index (χ1) is 9.22. The Labute approximate surface area is 116 Å². The van der Waals surface area contributed by atoms with Gasteiger partial charge in [0.1, 0.15) is 0 Å². The van der Waals surface area contributed by atoms with Gasteiger partial charge in [-0.25, -0.2) is 0 Å². The van der Waals surface area contributed by atoms with Crippen LogP contribution in [0.4, 0.5) is 0 Å². The molecule has 1 amide bonds. The van der Waals surface area contributed by atoms with E-state index >= 15 is 0 Å². The highest BCUT2D eigenvalue weighted by atomic mass is 16.1. The van der Waals surface area contributed by atoms with E-state index in [0.717, 1.165) is 24.6 Å². The molecule has 1 aliphatic rings. The zero-order valence-electron chi connectivity index (χ0n) is 12.0. The second-order valence-electron chi connectivity index (χ2n) is 5.45. The van der Waals surface area contributed by atoms with Crippen LogP contribution in [0.25, 0.3) is 0 Å². The average molecular weight is 260 g/mol. The Morgan fingerprint density at radius 3 is 2.53 bits per heavy atom. The average Bonchev–Trinajstić information content (AvgIpc) is 3.23. The molecule has 0 heterocycles. The molecule has 1 aliphatic carbocycles. The molecule has 0 spiro atoms. The van der Waals surface area contributed by atoms with E-state index < -0.39 is 0 Å². The smallest absolute Gasteiger partial charge is 0.251 e. The van der Waals surface area contributed by atoms with Crippen molar-refractivity contribution in [1.29, 1.82) is 0 Å². The maximum Gasteiger partial charge on any atom is 0.251 e. The third-order valence-electron chi connectivity index (χ3n) is 3.60. The molecule has 0 aliphatic heterocycles. The minimum atomic E-state index is -0.0186. The van der Waals surface area contributed by atoms with Crippen molar-refractivity contribution in [2.45, 2.75) is 32.7 Å². The number of carbonyl (C=O) groups excluding carboxylic acids is 1. The number of carbonyl (C=O) groups is 1. The number of amides is 1. The van der Waals surface area contributed by atoms with Crippen LogP contribution in [0.15, 0.2) is 24.3 Å². The minimum Gasteiger partial charge on any atom is -0.355 e. The highest BCUT2D eigenvalue weighted by Gasteiger charge is 2.23. The predicted octanol–water partition coefficient (Wildman–Crippen LogP) is 2.67. The number of hydrogen-bond acceptors (Lipinski definition) is 2. The summed E-state index contributed by atoms with van der Waals surface area (Å²) < 4.78 is 0. The van der Waals surface area contributed by atoms with Gasteiger partial charge in [0.05, 0.1) is 0 Å². The normalized spacial score (nSPS) is 14.7. The lowest BCUT2D eigenvalue weighted by Gasteiger charge is -2.21. The van der Waals surface area contributed by atoms with Gasteiger partial charge >= 0.3 is 0 Å². The van der Waals surface area contributed by atoms with Crippen LogP contribution < -0.4 is 5.32 Å². The molecule has 0 saturated heterocycles. The summed E-state index contributed by atoms with van der Waals surface area (Å²) in [7, 11) is 1.66. The van der Waals surface area contributed by atoms with Crippen LogP contribution in [0.5, 0.6) is 0 Å². The summed E-state index contributed by atoms with van der Waals surface area (Å²) in [4.78, 5) is 14.0. The lowest BCUT2D eigenvalue weighted by atomic mass is 10.1. The Morgan fingerprint density at radius 1 is 1.32 bits per heavy atom. The molecule has 1 aromatic carbocycles. The highest BCUT2D eigenvalue weighted by Crippen LogP contribution is 2.30. The van der Waals surface area contributed by atoms with E-state index in [1.54, 1.807) is 7.05 Å². The van der Waals surface area contributed by atoms with E-state index in [1.165, 1.54) is 31.4 Å². The van der Waals surface area contributed by atoms with Crippen LogP contribution in [0.1, 0.15) is 42.1 Å². The molecule has 19 heavy (non-hydrogen) atoms. The number of benzene rings is 1. The van der Waals surface area contributed by atoms with Gasteiger partial charge < -0.3 is 5.32 Å². The van der Waals surface area contributed by atoms with Gasteiger partial charge in [-0.15, -0.1) is 0 Å². The summed E-state index contributed by atoms with van der Waals surface area (Å²) in [5.74, 6) is 0.909. The SMILES string of the molecule is CCCN(Cc1ccc(C(=O)NC)cc1)CC1CC1. The van der Waals surface area contributed by atoms with Gasteiger partial charge in [-0.2, -0.15) is 0 Å². The molecule has 0 unspecified atom stereocenters. The maximum absolute atomic E-state index is 11.5. The lowest BCUT2D eigenvalue weighted by Crippen LogP contribution is -2.26. The fourth-order valence-electron chi connectivity index (χ4n) is 2.38. The molecule has 2 rings (SSSR count). The van der Waals surface area contributed by atoms with E-state index in [4.69, 9.17) is 0 Å². The molecular formula is C16H24N2O. The van der Waals surface area contributed by atoms with Crippen LogP contribution in [0.2, 0.25) is 0 Å². The molecule has 1 saturated carbocycles. The minimum absolute atomic E-state index is 0.0186. The van der Waals surface area contributed by atoms with Crippen LogP contribution in [0.3, 0.4) is 0 Å². The van der Waals surface area contributed by atoms with E-state index in [1.807, 2.05) is 12.1 Å². The molecule has 0 atom stereocenters. The topological polar surface area (TPSA) is 32.3 Å². The van der Waals surface area contributed by atoms with Gasteiger partial charge in [-0.3, -0.25) is 9.69 Å². The standard InChI is InChI=1S/C16H24N2O/c1-3-10-18(11-13-4-5-13)12-14-6-8-15(9-7-14)16(19)17-2/h6-9,13H,3-5,10-12H2,1-2H3,(H,17,19). The van der Waals surface area contributed by atoms with E-state index in [2.05, 4.69) is 29.3 Å². The summed E-state index contributed by atoms with van der Waals surface area (Å²) >= 11 is 0. The zero-order valence-corrected chi connectivity index (χ0v) is 12.0. The monoisotopic (exact) mass is 260 g/mol. The third-order valence-corrected chi connectivity index (χ3v) is 3.60. The first-order valence-corrected chi connectivity index (χ1v) is 7.26. The second kappa shape index (κ2) is 6.71. The summed E-state index contributed by atoms with van der Waals surface area (Å²) in [6.07, 6.45) is 3.99. The third kappa shape index (κ3) is 4.35. The van der Waals surface area contributed by atoms with E-state index in [-0.39, 0.29) is 5.91 Å². The fourth-order valence-corrected chi connectivity index (χ4v) is 2.38. The van der Waals surface area contributed by atoms with Crippen LogP contribution in [0, 0.1) is 5.92 Å². The molecule has 0 aromatic heterocycles. The zero-order chi connectivity index (χ0) is 13.7. The second-order valence-corrected chi connectivity index (χ2v) is 5.45. The Hall–Kier alpha value is -1.35. The molecular weight excluding hydrogens is 236 g/mol. The van der Waals surface area contributed by atoms with Crippen molar-refractivity contribution in [2.24, 2.45) is 5.92 Å². The van der Waals surface area contributed by atoms with Crippen LogP contribution in [-0.4, -0.2) is 30.9 Å². The van der Waals surface area contributed by atoms with Crippen molar-refractivity contribution in [1.82, 2.24) is 10.2 Å². The maximum atomic E-state index is 11.5. The van der Waals surface area contributed by atoms with Crippen LogP contribution >= 0.6 is 0 Å². The summed E-state index contributed by atoms with van der Waals surface area (Å²) in [6.45, 7) is 5.62. The molecule has 3 heteroatoms. The molecule has 0 bridgehead atoms. The Kier molecular flexibility index (Phi) is 4.97. The van der Waals surface area contributed by atoms with Crippen LogP contribution in [-0.2, 0) is 6.54 Å². The van der Waals surface area contributed by atoms with E-state index in [9.17, 15) is 4.79 Å². The molecule has 1 fully saturated rings. The van der Waals surface area contributed by atoms with Gasteiger partial charge in [0.15, 0.2) is 0 Å². The van der Waals surface area contributed by atoms with Crippen molar-refractivity contribution < 1.29 is 4.79 Å². The Bertz CT molecular complexity index is 409. The van der Waals surface area contributed by atoms with Crippen molar-refractivity contribution in [3.8, 4) is 0 Å². The van der Waals surface area contributed by atoms with Crippen molar-refractivity contribution >= 4 is 5.91 Å². The molecule has 3 nitrogen and oxygen atoms in total. The first kappa shape index (κ1) is 14.1. The highest BCUT2D eigenvalue weighted by molar-refractivity contribution is 5.93. The first-order valence-electron chi connectivity index (χ1n) is 7.26. The van der Waals surface area contributed by atoms with Gasteiger partial charge in [0.25, 0.3) is 5.91 Å². The van der Waals surface area contributed by atoms with E-state index in [0.29, 0.717) is 0 Å². The number of nitrogens with one attached hydrogen (secondary N) is 1. The van der Waals surface area contributed by atoms with Crippen molar-refractivity contribution in [2.75, 3.05) is 20.1 Å². The van der Waals surface area contributed by atoms with Gasteiger partial charge in [-0.1, -0.05) is 19.1 Å². The van der Waals surface area contributed by atoms with Crippen molar-refractivity contribution in [3.05, 3.63) is 35.4 Å². The molecule has 104 valence electrons. The van der Waals surface area contributed by atoms with Gasteiger partial charge in [0.2, 0.25) is 0 Å². The quantitative estimate of drug-likeness (QED) is 0.817. The summed E-state index contributed by atoms with van der Waals surface area (Å²) in [5.41, 5.74) is 2.03. The molecule has 1 N–H and O–H groups in total. The number of hydrogen-bond donors (Lipinski definition) is 1. The van der Waals surface area contributed by atoms with Gasteiger partial charge in [-0.05, 0) is 49.4 Å². The Balaban J connectivity index is 1.93. The largest absolute Gasteiger partial charge is 0.355 e. The number of nitrogens with zero attached hydrogens (tertiary/aromatic N) is 1. The molecule has 1 aromatic rings. The summed E-state index contributed by atoms with van der Waals surface area (Å²) in [5, 5.41) is 2.65. The summed E-state index contributed by atoms with van der Waals surface area (Å²) in [6, 6.07) is 7.96. The van der Waals surface area contributed by atoms with Crippen molar-refractivity contribution in [3.63, 3.8) is 0 Å².